The summed E-state index contributed by atoms with van der Waals surface area (Å²) < 4.78 is 18.6. The predicted octanol–water partition coefficient (Wildman–Crippen LogP) is 3.98. The van der Waals surface area contributed by atoms with Crippen molar-refractivity contribution >= 4 is 17.4 Å². The molecule has 1 aromatic rings. The second-order valence-corrected chi connectivity index (χ2v) is 5.12. The molecule has 2 unspecified atom stereocenters. The van der Waals surface area contributed by atoms with Crippen LogP contribution in [0, 0.1) is 5.92 Å². The van der Waals surface area contributed by atoms with Gasteiger partial charge in [-0.25, -0.2) is 4.39 Å². The molecular formula is C15H16ClFO2. The van der Waals surface area contributed by atoms with Crippen LogP contribution in [0.15, 0.2) is 36.4 Å². The van der Waals surface area contributed by atoms with Crippen LogP contribution < -0.4 is 4.74 Å². The van der Waals surface area contributed by atoms with Crippen molar-refractivity contribution in [3.05, 3.63) is 41.4 Å². The van der Waals surface area contributed by atoms with E-state index in [1.54, 1.807) is 30.3 Å². The fourth-order valence-corrected chi connectivity index (χ4v) is 2.33. The highest BCUT2D eigenvalue weighted by Gasteiger charge is 2.24. The van der Waals surface area contributed by atoms with Gasteiger partial charge in [0.05, 0.1) is 0 Å². The number of rotatable bonds is 5. The molecule has 0 N–H and O–H groups in total. The van der Waals surface area contributed by atoms with Gasteiger partial charge >= 0.3 is 0 Å². The van der Waals surface area contributed by atoms with Crippen molar-refractivity contribution in [2.45, 2.75) is 25.4 Å². The maximum Gasteiger partial charge on any atom is 0.192 e. The van der Waals surface area contributed by atoms with Gasteiger partial charge in [0, 0.05) is 10.9 Å². The number of carbonyl (C=O) groups is 1. The zero-order chi connectivity index (χ0) is 13.7. The maximum atomic E-state index is 13.3. The van der Waals surface area contributed by atoms with Crippen molar-refractivity contribution < 1.29 is 13.9 Å². The average Bonchev–Trinajstić information content (AvgIpc) is 2.80. The van der Waals surface area contributed by atoms with Crippen LogP contribution in [0.4, 0.5) is 4.39 Å². The first-order valence-electron chi connectivity index (χ1n) is 6.38. The molecule has 102 valence electrons. The molecule has 2 nitrogen and oxygen atoms in total. The first-order valence-corrected chi connectivity index (χ1v) is 6.76. The van der Waals surface area contributed by atoms with Gasteiger partial charge < -0.3 is 4.74 Å². The molecule has 0 aromatic heterocycles. The summed E-state index contributed by atoms with van der Waals surface area (Å²) in [7, 11) is 0. The van der Waals surface area contributed by atoms with Crippen LogP contribution in [0.3, 0.4) is 0 Å². The van der Waals surface area contributed by atoms with Gasteiger partial charge in [0.15, 0.2) is 12.4 Å². The Hall–Kier alpha value is -1.35. The smallest absolute Gasteiger partial charge is 0.192 e. The van der Waals surface area contributed by atoms with E-state index >= 15 is 0 Å². The number of hydrogen-bond acceptors (Lipinski definition) is 2. The molecule has 0 spiro atoms. The van der Waals surface area contributed by atoms with E-state index in [9.17, 15) is 9.18 Å². The van der Waals surface area contributed by atoms with Crippen LogP contribution in [0.5, 0.6) is 5.75 Å². The van der Waals surface area contributed by atoms with Crippen LogP contribution in [-0.4, -0.2) is 18.6 Å². The molecule has 1 fully saturated rings. The van der Waals surface area contributed by atoms with E-state index in [1.807, 2.05) is 0 Å². The Kier molecular flexibility index (Phi) is 4.97. The number of halogens is 2. The zero-order valence-corrected chi connectivity index (χ0v) is 11.3. The molecule has 0 bridgehead atoms. The summed E-state index contributed by atoms with van der Waals surface area (Å²) in [4.78, 5) is 11.6. The minimum absolute atomic E-state index is 0.0550. The number of hydrogen-bond donors (Lipinski definition) is 0. The first-order chi connectivity index (χ1) is 9.15. The number of benzene rings is 1. The van der Waals surface area contributed by atoms with E-state index < -0.39 is 6.17 Å². The number of allylic oxidation sites excluding steroid dienone is 1. The molecule has 0 amide bonds. The normalized spacial score (nSPS) is 22.8. The van der Waals surface area contributed by atoms with Crippen LogP contribution in [0.25, 0.3) is 0 Å². The predicted molar refractivity (Wildman–Crippen MR) is 73.3 cm³/mol. The van der Waals surface area contributed by atoms with Crippen molar-refractivity contribution in [2.75, 3.05) is 6.61 Å². The monoisotopic (exact) mass is 282 g/mol. The minimum Gasteiger partial charge on any atom is -0.485 e. The lowest BCUT2D eigenvalue weighted by Gasteiger charge is -2.06. The highest BCUT2D eigenvalue weighted by Crippen LogP contribution is 2.29. The maximum absolute atomic E-state index is 13.3. The summed E-state index contributed by atoms with van der Waals surface area (Å²) in [6, 6.07) is 6.87. The summed E-state index contributed by atoms with van der Waals surface area (Å²) in [6.45, 7) is -0.0550. The van der Waals surface area contributed by atoms with Crippen LogP contribution in [0.1, 0.15) is 19.3 Å². The number of ether oxygens (including phenoxy) is 1. The van der Waals surface area contributed by atoms with Crippen molar-refractivity contribution in [2.24, 2.45) is 5.92 Å². The lowest BCUT2D eigenvalue weighted by Crippen LogP contribution is -2.10. The molecule has 1 aliphatic carbocycles. The average molecular weight is 283 g/mol. The molecule has 1 aliphatic rings. The largest absolute Gasteiger partial charge is 0.485 e. The molecular weight excluding hydrogens is 267 g/mol. The third kappa shape index (κ3) is 4.35. The summed E-state index contributed by atoms with van der Waals surface area (Å²) in [5.41, 5.74) is 0. The van der Waals surface area contributed by atoms with Crippen molar-refractivity contribution in [3.8, 4) is 5.75 Å². The Labute approximate surface area is 117 Å². The lowest BCUT2D eigenvalue weighted by molar-refractivity contribution is -0.116. The molecule has 2 rings (SSSR count). The van der Waals surface area contributed by atoms with Gasteiger partial charge in [-0.3, -0.25) is 4.79 Å². The van der Waals surface area contributed by atoms with E-state index in [1.165, 1.54) is 6.08 Å². The summed E-state index contributed by atoms with van der Waals surface area (Å²) >= 11 is 5.80. The SMILES string of the molecule is O=C(/C=C/C1CCCC1F)COc1cccc(Cl)c1. The molecule has 1 aromatic carbocycles. The Bertz CT molecular complexity index is 473. The highest BCUT2D eigenvalue weighted by molar-refractivity contribution is 6.30. The molecule has 19 heavy (non-hydrogen) atoms. The number of ketones is 1. The van der Waals surface area contributed by atoms with Crippen molar-refractivity contribution in [1.82, 2.24) is 0 Å². The Balaban J connectivity index is 1.80. The van der Waals surface area contributed by atoms with Crippen LogP contribution in [-0.2, 0) is 4.79 Å². The van der Waals surface area contributed by atoms with E-state index in [4.69, 9.17) is 16.3 Å². The molecule has 0 aliphatic heterocycles. The minimum atomic E-state index is -0.808. The zero-order valence-electron chi connectivity index (χ0n) is 10.5. The Morgan fingerprint density at radius 3 is 3.00 bits per heavy atom. The van der Waals surface area contributed by atoms with Gasteiger partial charge in [-0.15, -0.1) is 0 Å². The third-order valence-corrected chi connectivity index (χ3v) is 3.42. The van der Waals surface area contributed by atoms with Gasteiger partial charge in [0.1, 0.15) is 11.9 Å². The van der Waals surface area contributed by atoms with Gasteiger partial charge in [0.2, 0.25) is 0 Å². The fraction of sp³-hybridized carbons (Fsp3) is 0.400. The second kappa shape index (κ2) is 6.71. The van der Waals surface area contributed by atoms with Crippen molar-refractivity contribution in [3.63, 3.8) is 0 Å². The van der Waals surface area contributed by atoms with Gasteiger partial charge in [-0.2, -0.15) is 0 Å². The third-order valence-electron chi connectivity index (χ3n) is 3.19. The summed E-state index contributed by atoms with van der Waals surface area (Å²) in [5.74, 6) is 0.271. The second-order valence-electron chi connectivity index (χ2n) is 4.68. The topological polar surface area (TPSA) is 26.3 Å². The molecule has 0 saturated heterocycles. The van der Waals surface area contributed by atoms with E-state index in [0.717, 1.165) is 12.8 Å². The molecule has 1 saturated carbocycles. The molecule has 2 atom stereocenters. The summed E-state index contributed by atoms with van der Waals surface area (Å²) in [5, 5.41) is 0.562. The highest BCUT2D eigenvalue weighted by atomic mass is 35.5. The Morgan fingerprint density at radius 2 is 2.32 bits per heavy atom. The van der Waals surface area contributed by atoms with E-state index in [0.29, 0.717) is 17.2 Å². The molecule has 0 radical (unpaired) electrons. The molecule has 0 heterocycles. The van der Waals surface area contributed by atoms with Crippen LogP contribution >= 0.6 is 11.6 Å². The van der Waals surface area contributed by atoms with Gasteiger partial charge in [-0.05, 0) is 43.5 Å². The van der Waals surface area contributed by atoms with Crippen LogP contribution in [0.2, 0.25) is 5.02 Å². The van der Waals surface area contributed by atoms with Crippen molar-refractivity contribution in [1.29, 1.82) is 0 Å². The van der Waals surface area contributed by atoms with E-state index in [2.05, 4.69) is 0 Å². The fourth-order valence-electron chi connectivity index (χ4n) is 2.15. The quantitative estimate of drug-likeness (QED) is 0.764. The first kappa shape index (κ1) is 14.1. The Morgan fingerprint density at radius 1 is 1.47 bits per heavy atom. The molecule has 4 heteroatoms. The number of carbonyl (C=O) groups excluding carboxylic acids is 1. The van der Waals surface area contributed by atoms with Gasteiger partial charge in [-0.1, -0.05) is 23.7 Å². The standard InChI is InChI=1S/C15H16ClFO2/c16-12-4-2-5-14(9-12)19-10-13(18)8-7-11-3-1-6-15(11)17/h2,4-5,7-9,11,15H,1,3,6,10H2/b8-7+. The lowest BCUT2D eigenvalue weighted by atomic mass is 10.1. The van der Waals surface area contributed by atoms with Gasteiger partial charge in [0.25, 0.3) is 0 Å². The number of alkyl halides is 1. The van der Waals surface area contributed by atoms with E-state index in [-0.39, 0.29) is 18.3 Å². The summed E-state index contributed by atoms with van der Waals surface area (Å²) in [6.07, 6.45) is 4.60.